The number of aromatic amines is 1. The van der Waals surface area contributed by atoms with Gasteiger partial charge in [0.15, 0.2) is 7.79 Å². The Labute approximate surface area is 98.9 Å². The van der Waals surface area contributed by atoms with Crippen LogP contribution in [0.25, 0.3) is 11.2 Å². The van der Waals surface area contributed by atoms with Crippen molar-refractivity contribution >= 4 is 59.0 Å². The highest BCUT2D eigenvalue weighted by Crippen LogP contribution is 2.44. The van der Waals surface area contributed by atoms with Gasteiger partial charge in [0.2, 0.25) is 0 Å². The fourth-order valence-corrected chi connectivity index (χ4v) is 1.84. The Kier molecular flexibility index (Phi) is 2.41. The van der Waals surface area contributed by atoms with Gasteiger partial charge in [0.1, 0.15) is 17.5 Å². The van der Waals surface area contributed by atoms with Crippen molar-refractivity contribution < 1.29 is 0 Å². The third kappa shape index (κ3) is 1.77. The first-order valence-corrected chi connectivity index (χ1v) is 5.68. The fourth-order valence-electron chi connectivity index (χ4n) is 0.972. The molecule has 0 unspecified atom stereocenters. The van der Waals surface area contributed by atoms with Crippen molar-refractivity contribution in [3.05, 3.63) is 18.3 Å². The first-order chi connectivity index (χ1) is 6.09. The van der Waals surface area contributed by atoms with Crippen molar-refractivity contribution in [1.82, 2.24) is 19.9 Å². The molecule has 0 amide bonds. The van der Waals surface area contributed by atoms with Gasteiger partial charge in [-0.05, 0) is 0 Å². The van der Waals surface area contributed by atoms with E-state index in [4.69, 9.17) is 0 Å². The summed E-state index contributed by atoms with van der Waals surface area (Å²) in [6.45, 7) is 0. The fraction of sp³-hybridized carbons (Fsp3) is 0.167. The minimum atomic E-state index is -0.552. The second-order valence-corrected chi connectivity index (χ2v) is 9.08. The van der Waals surface area contributed by atoms with Gasteiger partial charge in [-0.2, -0.15) is 0 Å². The molecular weight excluding hydrogens is 368 g/mol. The maximum atomic E-state index is 4.12. The molecule has 0 spiro atoms. The molecule has 0 aliphatic heterocycles. The highest BCUT2D eigenvalue weighted by atomic mass is 80.0. The molecule has 2 aromatic heterocycles. The summed E-state index contributed by atoms with van der Waals surface area (Å²) in [5.74, 6) is 0. The SMILES string of the molecule is BrC(Br)(Br)c1ncnc2[nH]cnc12. The van der Waals surface area contributed by atoms with E-state index in [1.165, 1.54) is 6.33 Å². The molecule has 2 rings (SSSR count). The third-order valence-electron chi connectivity index (χ3n) is 1.49. The molecule has 13 heavy (non-hydrogen) atoms. The molecule has 2 heterocycles. The zero-order valence-electron chi connectivity index (χ0n) is 6.13. The van der Waals surface area contributed by atoms with Crippen LogP contribution < -0.4 is 0 Å². The number of H-pyrrole nitrogens is 1. The van der Waals surface area contributed by atoms with Crippen molar-refractivity contribution in [3.8, 4) is 0 Å². The van der Waals surface area contributed by atoms with Crippen LogP contribution in [0.1, 0.15) is 5.69 Å². The smallest absolute Gasteiger partial charge is 0.178 e. The summed E-state index contributed by atoms with van der Waals surface area (Å²) < 4.78 is -0.552. The van der Waals surface area contributed by atoms with Gasteiger partial charge in [-0.3, -0.25) is 0 Å². The van der Waals surface area contributed by atoms with E-state index < -0.39 is 2.14 Å². The van der Waals surface area contributed by atoms with Crippen LogP contribution in [0.4, 0.5) is 0 Å². The summed E-state index contributed by atoms with van der Waals surface area (Å²) in [4.78, 5) is 15.2. The van der Waals surface area contributed by atoms with Crippen LogP contribution in [0.3, 0.4) is 0 Å². The van der Waals surface area contributed by atoms with Gasteiger partial charge >= 0.3 is 0 Å². The Morgan fingerprint density at radius 1 is 1.15 bits per heavy atom. The number of aromatic nitrogens is 4. The molecule has 68 valence electrons. The Hall–Kier alpha value is -0.0100. The predicted octanol–water partition coefficient (Wildman–Crippen LogP) is 2.65. The van der Waals surface area contributed by atoms with E-state index in [1.807, 2.05) is 0 Å². The molecule has 7 heteroatoms. The number of alkyl halides is 3. The molecule has 0 radical (unpaired) electrons. The summed E-state index contributed by atoms with van der Waals surface area (Å²) in [7, 11) is 0. The van der Waals surface area contributed by atoms with Crippen LogP contribution in [-0.2, 0) is 2.14 Å². The first kappa shape index (κ1) is 9.54. The molecule has 0 atom stereocenters. The van der Waals surface area contributed by atoms with E-state index in [0.29, 0.717) is 5.65 Å². The Bertz CT molecular complexity index is 433. The Morgan fingerprint density at radius 3 is 2.62 bits per heavy atom. The van der Waals surface area contributed by atoms with E-state index in [0.717, 1.165) is 11.2 Å². The highest BCUT2D eigenvalue weighted by Gasteiger charge is 2.26. The van der Waals surface area contributed by atoms with Gasteiger partial charge in [-0.1, -0.05) is 47.8 Å². The lowest BCUT2D eigenvalue weighted by Crippen LogP contribution is -2.03. The number of imidazole rings is 1. The molecule has 0 saturated heterocycles. The molecule has 0 bridgehead atoms. The van der Waals surface area contributed by atoms with Crippen molar-refractivity contribution in [1.29, 1.82) is 0 Å². The standard InChI is InChI=1S/C6H3Br3N4/c7-6(8,9)4-3-5(12-1-10-3)13-2-11-4/h1-2H,(H,10,11,12,13). The summed E-state index contributed by atoms with van der Waals surface area (Å²) in [5.41, 5.74) is 2.18. The molecule has 0 fully saturated rings. The van der Waals surface area contributed by atoms with Crippen LogP contribution in [-0.4, -0.2) is 19.9 Å². The van der Waals surface area contributed by atoms with E-state index in [9.17, 15) is 0 Å². The quantitative estimate of drug-likeness (QED) is 0.725. The van der Waals surface area contributed by atoms with Crippen molar-refractivity contribution in [3.63, 3.8) is 0 Å². The maximum absolute atomic E-state index is 4.12. The lowest BCUT2D eigenvalue weighted by atomic mass is 10.4. The van der Waals surface area contributed by atoms with E-state index in [-0.39, 0.29) is 0 Å². The molecule has 4 nitrogen and oxygen atoms in total. The topological polar surface area (TPSA) is 54.5 Å². The van der Waals surface area contributed by atoms with Crippen molar-refractivity contribution in [2.45, 2.75) is 2.14 Å². The highest BCUT2D eigenvalue weighted by molar-refractivity contribution is 9.38. The van der Waals surface area contributed by atoms with Gasteiger partial charge in [-0.15, -0.1) is 0 Å². The number of rotatable bonds is 0. The van der Waals surface area contributed by atoms with Gasteiger partial charge < -0.3 is 4.98 Å². The monoisotopic (exact) mass is 368 g/mol. The maximum Gasteiger partial charge on any atom is 0.178 e. The summed E-state index contributed by atoms with van der Waals surface area (Å²) >= 11 is 10.1. The van der Waals surface area contributed by atoms with Crippen LogP contribution in [0.15, 0.2) is 12.7 Å². The number of halogens is 3. The van der Waals surface area contributed by atoms with Gasteiger partial charge in [0, 0.05) is 0 Å². The van der Waals surface area contributed by atoms with E-state index in [2.05, 4.69) is 67.7 Å². The zero-order valence-corrected chi connectivity index (χ0v) is 10.9. The minimum Gasteiger partial charge on any atom is -0.329 e. The first-order valence-electron chi connectivity index (χ1n) is 3.30. The molecule has 0 aliphatic rings. The number of nitrogens with zero attached hydrogens (tertiary/aromatic N) is 3. The van der Waals surface area contributed by atoms with Crippen LogP contribution in [0.5, 0.6) is 0 Å². The van der Waals surface area contributed by atoms with Crippen LogP contribution >= 0.6 is 47.8 Å². The predicted molar refractivity (Wildman–Crippen MR) is 60.1 cm³/mol. The van der Waals surface area contributed by atoms with Crippen LogP contribution in [0, 0.1) is 0 Å². The molecule has 1 N–H and O–H groups in total. The minimum absolute atomic E-state index is 0.552. The van der Waals surface area contributed by atoms with Gasteiger partial charge in [-0.25, -0.2) is 15.0 Å². The van der Waals surface area contributed by atoms with Gasteiger partial charge in [0.25, 0.3) is 0 Å². The lowest BCUT2D eigenvalue weighted by molar-refractivity contribution is 1.11. The average molecular weight is 371 g/mol. The van der Waals surface area contributed by atoms with Gasteiger partial charge in [0.05, 0.1) is 6.33 Å². The van der Waals surface area contributed by atoms with Crippen molar-refractivity contribution in [2.75, 3.05) is 0 Å². The Morgan fingerprint density at radius 2 is 1.92 bits per heavy atom. The molecular formula is C6H3Br3N4. The third-order valence-corrected chi connectivity index (χ3v) is 2.61. The van der Waals surface area contributed by atoms with Crippen LogP contribution in [0.2, 0.25) is 0 Å². The molecule has 0 aromatic carbocycles. The number of nitrogens with one attached hydrogen (secondary N) is 1. The molecule has 0 aliphatic carbocycles. The van der Waals surface area contributed by atoms with Crippen molar-refractivity contribution in [2.24, 2.45) is 0 Å². The largest absolute Gasteiger partial charge is 0.329 e. The van der Waals surface area contributed by atoms with E-state index >= 15 is 0 Å². The zero-order chi connectivity index (χ0) is 9.47. The Balaban J connectivity index is 2.75. The number of fused-ring (bicyclic) bond motifs is 1. The summed E-state index contributed by atoms with van der Waals surface area (Å²) in [6, 6.07) is 0. The molecule has 0 saturated carbocycles. The van der Waals surface area contributed by atoms with E-state index in [1.54, 1.807) is 6.33 Å². The normalized spacial score (nSPS) is 12.2. The number of hydrogen-bond donors (Lipinski definition) is 1. The summed E-state index contributed by atoms with van der Waals surface area (Å²) in [6.07, 6.45) is 3.07. The summed E-state index contributed by atoms with van der Waals surface area (Å²) in [5, 5.41) is 0. The lowest BCUT2D eigenvalue weighted by Gasteiger charge is -2.10. The average Bonchev–Trinajstić information content (AvgIpc) is 2.48. The number of hydrogen-bond acceptors (Lipinski definition) is 3. The molecule has 2 aromatic rings. The second kappa shape index (κ2) is 3.29. The second-order valence-electron chi connectivity index (χ2n) is 2.32.